The van der Waals surface area contributed by atoms with Crippen LogP contribution >= 0.6 is 0 Å². The number of benzene rings is 1. The molecule has 0 bridgehead atoms. The number of hydrogen-bond donors (Lipinski definition) is 1. The largest absolute Gasteiger partial charge is 0.490 e. The lowest BCUT2D eigenvalue weighted by molar-refractivity contribution is -0.134. The summed E-state index contributed by atoms with van der Waals surface area (Å²) in [5, 5.41) is 11.5. The van der Waals surface area contributed by atoms with E-state index in [2.05, 4.69) is 19.9 Å². The molecule has 1 aromatic carbocycles. The Kier molecular flexibility index (Phi) is 7.44. The van der Waals surface area contributed by atoms with E-state index in [1.165, 1.54) is 0 Å². The number of aliphatic hydroxyl groups excluding tert-OH is 1. The van der Waals surface area contributed by atoms with Gasteiger partial charge in [-0.1, -0.05) is 18.2 Å². The van der Waals surface area contributed by atoms with Gasteiger partial charge in [0.05, 0.1) is 16.9 Å². The molecular weight excluding hydrogens is 454 g/mol. The van der Waals surface area contributed by atoms with Gasteiger partial charge in [0, 0.05) is 56.7 Å². The fourth-order valence-corrected chi connectivity index (χ4v) is 4.57. The first kappa shape index (κ1) is 23.8. The Morgan fingerprint density at radius 1 is 0.833 bits per heavy atom. The summed E-state index contributed by atoms with van der Waals surface area (Å²) in [6.45, 7) is 3.19. The molecule has 1 amide bonds. The SMILES string of the molecule is O=C(C(c1ccccn1)c1ccccn1)N1CCN(CC(O)COc2cccc3ncccc23)CC1. The molecule has 8 heteroatoms. The van der Waals surface area contributed by atoms with E-state index >= 15 is 0 Å². The van der Waals surface area contributed by atoms with Crippen LogP contribution in [0.2, 0.25) is 0 Å². The Morgan fingerprint density at radius 2 is 1.53 bits per heavy atom. The average Bonchev–Trinajstić information content (AvgIpc) is 2.93. The van der Waals surface area contributed by atoms with Gasteiger partial charge in [-0.25, -0.2) is 0 Å². The van der Waals surface area contributed by atoms with Crippen LogP contribution in [0.3, 0.4) is 0 Å². The first-order valence-corrected chi connectivity index (χ1v) is 12.2. The number of aliphatic hydroxyl groups is 1. The number of carbonyl (C=O) groups excluding carboxylic acids is 1. The van der Waals surface area contributed by atoms with Crippen LogP contribution in [0.4, 0.5) is 0 Å². The maximum Gasteiger partial charge on any atom is 0.237 e. The maximum absolute atomic E-state index is 13.5. The summed E-state index contributed by atoms with van der Waals surface area (Å²) in [4.78, 5) is 30.8. The quantitative estimate of drug-likeness (QED) is 0.412. The molecule has 1 unspecified atom stereocenters. The van der Waals surface area contributed by atoms with Crippen molar-refractivity contribution in [2.75, 3.05) is 39.3 Å². The number of hydrogen-bond acceptors (Lipinski definition) is 7. The molecule has 1 aliphatic rings. The molecule has 1 saturated heterocycles. The summed E-state index contributed by atoms with van der Waals surface area (Å²) >= 11 is 0. The predicted octanol–water partition coefficient (Wildman–Crippen LogP) is 2.74. The van der Waals surface area contributed by atoms with E-state index in [-0.39, 0.29) is 12.5 Å². The highest BCUT2D eigenvalue weighted by Gasteiger charge is 2.31. The number of aromatic nitrogens is 3. The average molecular weight is 484 g/mol. The molecule has 1 atom stereocenters. The highest BCUT2D eigenvalue weighted by molar-refractivity contribution is 5.86. The number of fused-ring (bicyclic) bond motifs is 1. The monoisotopic (exact) mass is 483 g/mol. The molecule has 184 valence electrons. The molecule has 4 aromatic rings. The van der Waals surface area contributed by atoms with Gasteiger partial charge >= 0.3 is 0 Å². The van der Waals surface area contributed by atoms with Crippen LogP contribution in [-0.2, 0) is 4.79 Å². The van der Waals surface area contributed by atoms with Crippen LogP contribution < -0.4 is 4.74 Å². The summed E-state index contributed by atoms with van der Waals surface area (Å²) in [5.74, 6) is 0.179. The van der Waals surface area contributed by atoms with E-state index in [1.54, 1.807) is 18.6 Å². The lowest BCUT2D eigenvalue weighted by Gasteiger charge is -2.37. The van der Waals surface area contributed by atoms with E-state index in [1.807, 2.05) is 71.6 Å². The van der Waals surface area contributed by atoms with Gasteiger partial charge in [-0.2, -0.15) is 0 Å². The molecule has 8 nitrogen and oxygen atoms in total. The lowest BCUT2D eigenvalue weighted by atomic mass is 9.97. The molecule has 0 spiro atoms. The maximum atomic E-state index is 13.5. The van der Waals surface area contributed by atoms with Gasteiger partial charge in [0.25, 0.3) is 0 Å². The van der Waals surface area contributed by atoms with E-state index in [0.717, 1.165) is 10.9 Å². The smallest absolute Gasteiger partial charge is 0.237 e. The van der Waals surface area contributed by atoms with Crippen molar-refractivity contribution >= 4 is 16.8 Å². The summed E-state index contributed by atoms with van der Waals surface area (Å²) in [6.07, 6.45) is 4.51. The Labute approximate surface area is 210 Å². The van der Waals surface area contributed by atoms with Gasteiger partial charge in [-0.05, 0) is 48.5 Å². The van der Waals surface area contributed by atoms with Crippen molar-refractivity contribution in [1.29, 1.82) is 0 Å². The van der Waals surface area contributed by atoms with Crippen molar-refractivity contribution in [2.45, 2.75) is 12.0 Å². The molecule has 0 saturated carbocycles. The standard InChI is InChI=1S/C28H29N5O3/c34-21(20-36-26-11-5-10-23-22(26)7-6-14-29-23)19-32-15-17-33(18-16-32)28(35)27(24-8-1-3-12-30-24)25-9-2-4-13-31-25/h1-14,21,27,34H,15-20H2. The fraction of sp³-hybridized carbons (Fsp3) is 0.286. The van der Waals surface area contributed by atoms with Crippen LogP contribution in [0, 0.1) is 0 Å². The number of pyridine rings is 3. The summed E-state index contributed by atoms with van der Waals surface area (Å²) in [7, 11) is 0. The van der Waals surface area contributed by atoms with Gasteiger partial charge in [0.1, 0.15) is 24.4 Å². The number of β-amino-alcohol motifs (C(OH)–C–C–N with tert-alkyl or cyclic N) is 1. The minimum Gasteiger partial charge on any atom is -0.490 e. The van der Waals surface area contributed by atoms with Crippen LogP contribution in [0.5, 0.6) is 5.75 Å². The third-order valence-corrected chi connectivity index (χ3v) is 6.40. The number of amides is 1. The van der Waals surface area contributed by atoms with Crippen molar-refractivity contribution in [3.63, 3.8) is 0 Å². The molecule has 1 aliphatic heterocycles. The number of rotatable bonds is 8. The minimum absolute atomic E-state index is 0.000460. The second kappa shape index (κ2) is 11.2. The Hall–Kier alpha value is -3.88. The first-order valence-electron chi connectivity index (χ1n) is 12.2. The Bertz CT molecular complexity index is 1240. The summed E-state index contributed by atoms with van der Waals surface area (Å²) in [5.41, 5.74) is 2.25. The third kappa shape index (κ3) is 5.50. The molecule has 0 aliphatic carbocycles. The second-order valence-electron chi connectivity index (χ2n) is 8.86. The van der Waals surface area contributed by atoms with Crippen molar-refractivity contribution < 1.29 is 14.6 Å². The number of carbonyl (C=O) groups is 1. The minimum atomic E-state index is -0.644. The molecule has 1 fully saturated rings. The number of nitrogens with zero attached hydrogens (tertiary/aromatic N) is 5. The molecule has 1 N–H and O–H groups in total. The van der Waals surface area contributed by atoms with Crippen LogP contribution in [0.1, 0.15) is 17.3 Å². The topological polar surface area (TPSA) is 91.7 Å². The van der Waals surface area contributed by atoms with E-state index < -0.39 is 12.0 Å². The van der Waals surface area contributed by atoms with E-state index in [0.29, 0.717) is 49.9 Å². The third-order valence-electron chi connectivity index (χ3n) is 6.40. The van der Waals surface area contributed by atoms with Gasteiger partial charge in [0.2, 0.25) is 5.91 Å². The summed E-state index contributed by atoms with van der Waals surface area (Å²) in [6, 6.07) is 20.8. The van der Waals surface area contributed by atoms with Crippen LogP contribution in [0.25, 0.3) is 10.9 Å². The van der Waals surface area contributed by atoms with Crippen molar-refractivity contribution in [1.82, 2.24) is 24.8 Å². The lowest BCUT2D eigenvalue weighted by Crippen LogP contribution is -2.52. The fourth-order valence-electron chi connectivity index (χ4n) is 4.57. The zero-order valence-corrected chi connectivity index (χ0v) is 20.0. The highest BCUT2D eigenvalue weighted by atomic mass is 16.5. The Morgan fingerprint density at radius 3 is 2.19 bits per heavy atom. The van der Waals surface area contributed by atoms with Gasteiger partial charge < -0.3 is 14.7 Å². The van der Waals surface area contributed by atoms with Crippen molar-refractivity contribution in [3.05, 3.63) is 96.7 Å². The van der Waals surface area contributed by atoms with Crippen LogP contribution in [-0.4, -0.2) is 81.2 Å². The van der Waals surface area contributed by atoms with E-state index in [4.69, 9.17) is 4.74 Å². The number of ether oxygens (including phenoxy) is 1. The van der Waals surface area contributed by atoms with Crippen LogP contribution in [0.15, 0.2) is 85.3 Å². The molecule has 36 heavy (non-hydrogen) atoms. The van der Waals surface area contributed by atoms with Gasteiger partial charge in [-0.3, -0.25) is 24.6 Å². The number of piperazine rings is 1. The van der Waals surface area contributed by atoms with Gasteiger partial charge in [-0.15, -0.1) is 0 Å². The highest BCUT2D eigenvalue weighted by Crippen LogP contribution is 2.25. The summed E-state index contributed by atoms with van der Waals surface area (Å²) < 4.78 is 5.92. The first-order chi connectivity index (χ1) is 17.7. The molecule has 0 radical (unpaired) electrons. The predicted molar refractivity (Wildman–Crippen MR) is 137 cm³/mol. The second-order valence-corrected chi connectivity index (χ2v) is 8.86. The molecule has 3 aromatic heterocycles. The van der Waals surface area contributed by atoms with Crippen molar-refractivity contribution in [2.24, 2.45) is 0 Å². The van der Waals surface area contributed by atoms with Gasteiger partial charge in [0.15, 0.2) is 0 Å². The normalized spacial score (nSPS) is 15.2. The Balaban J connectivity index is 1.16. The molecule has 4 heterocycles. The van der Waals surface area contributed by atoms with Crippen molar-refractivity contribution in [3.8, 4) is 5.75 Å². The molecule has 5 rings (SSSR count). The molecular formula is C28H29N5O3. The van der Waals surface area contributed by atoms with E-state index in [9.17, 15) is 9.90 Å². The zero-order valence-electron chi connectivity index (χ0n) is 20.0. The zero-order chi connectivity index (χ0) is 24.7.